The van der Waals surface area contributed by atoms with E-state index in [0.29, 0.717) is 6.67 Å². The normalized spacial score (nSPS) is 13.0. The molecular weight excluding hydrogens is 316 g/mol. The lowest BCUT2D eigenvalue weighted by Gasteiger charge is -2.18. The predicted octanol–water partition coefficient (Wildman–Crippen LogP) is 5.73. The summed E-state index contributed by atoms with van der Waals surface area (Å²) < 4.78 is 0. The molecule has 1 aliphatic heterocycles. The van der Waals surface area contributed by atoms with Gasteiger partial charge in [0.15, 0.2) is 0 Å². The Morgan fingerprint density at radius 3 is 2.23 bits per heavy atom. The Morgan fingerprint density at radius 2 is 1.31 bits per heavy atom. The summed E-state index contributed by atoms with van der Waals surface area (Å²) >= 11 is 0. The minimum atomic E-state index is 0.622. The lowest BCUT2D eigenvalue weighted by atomic mass is 9.95. The van der Waals surface area contributed by atoms with E-state index >= 15 is 0 Å². The van der Waals surface area contributed by atoms with Crippen LogP contribution < -0.4 is 5.32 Å². The third-order valence-corrected chi connectivity index (χ3v) is 4.95. The molecule has 0 bridgehead atoms. The van der Waals surface area contributed by atoms with E-state index in [1.807, 2.05) is 0 Å². The number of anilines is 1. The molecule has 0 aromatic heterocycles. The van der Waals surface area contributed by atoms with Crippen LogP contribution in [0.4, 0.5) is 5.69 Å². The van der Waals surface area contributed by atoms with Crippen LogP contribution in [0.2, 0.25) is 0 Å². The Hall–Kier alpha value is -3.39. The van der Waals surface area contributed by atoms with Gasteiger partial charge in [0.25, 0.3) is 0 Å². The summed E-state index contributed by atoms with van der Waals surface area (Å²) in [5.41, 5.74) is 7.02. The van der Waals surface area contributed by atoms with Gasteiger partial charge < -0.3 is 5.32 Å². The topological polar surface area (TPSA) is 24.4 Å². The molecule has 0 unspecified atom stereocenters. The summed E-state index contributed by atoms with van der Waals surface area (Å²) in [6.45, 7) is 0.622. The molecule has 1 aliphatic rings. The average molecular weight is 334 g/mol. The number of aliphatic imine (C=N–C) groups is 1. The molecule has 2 heteroatoms. The molecule has 0 spiro atoms. The monoisotopic (exact) mass is 334 g/mol. The first-order valence-electron chi connectivity index (χ1n) is 8.86. The van der Waals surface area contributed by atoms with E-state index in [1.54, 1.807) is 0 Å². The van der Waals surface area contributed by atoms with Crippen LogP contribution in [0.25, 0.3) is 21.9 Å². The Bertz CT molecular complexity index is 1120. The first-order valence-corrected chi connectivity index (χ1v) is 8.86. The van der Waals surface area contributed by atoms with Gasteiger partial charge in [-0.1, -0.05) is 84.9 Å². The molecule has 0 saturated carbocycles. The van der Waals surface area contributed by atoms with Crippen molar-refractivity contribution in [2.75, 3.05) is 12.0 Å². The fraction of sp³-hybridized carbons (Fsp3) is 0.0417. The van der Waals surface area contributed by atoms with E-state index in [1.165, 1.54) is 21.9 Å². The van der Waals surface area contributed by atoms with Gasteiger partial charge in [-0.25, -0.2) is 0 Å². The van der Waals surface area contributed by atoms with Gasteiger partial charge >= 0.3 is 0 Å². The highest BCUT2D eigenvalue weighted by molar-refractivity contribution is 6.16. The summed E-state index contributed by atoms with van der Waals surface area (Å²) in [5.74, 6) is 0. The molecule has 0 aliphatic carbocycles. The van der Waals surface area contributed by atoms with Crippen molar-refractivity contribution in [3.05, 3.63) is 102 Å². The van der Waals surface area contributed by atoms with Crippen LogP contribution in [0.3, 0.4) is 0 Å². The Labute approximate surface area is 152 Å². The van der Waals surface area contributed by atoms with E-state index in [9.17, 15) is 0 Å². The van der Waals surface area contributed by atoms with Crippen LogP contribution >= 0.6 is 0 Å². The number of nitrogens with zero attached hydrogens (tertiary/aromatic N) is 1. The smallest absolute Gasteiger partial charge is 0.108 e. The molecular formula is C24H18N2. The zero-order chi connectivity index (χ0) is 17.3. The summed E-state index contributed by atoms with van der Waals surface area (Å²) in [5, 5.41) is 5.89. The number of nitrogens with one attached hydrogen (secondary N) is 1. The molecule has 0 atom stereocenters. The second-order valence-electron chi connectivity index (χ2n) is 6.49. The molecule has 1 heterocycles. The van der Waals surface area contributed by atoms with Gasteiger partial charge in [-0.05, 0) is 28.0 Å². The van der Waals surface area contributed by atoms with Crippen molar-refractivity contribution in [3.8, 4) is 11.1 Å². The maximum absolute atomic E-state index is 4.70. The van der Waals surface area contributed by atoms with Crippen LogP contribution in [-0.4, -0.2) is 12.4 Å². The van der Waals surface area contributed by atoms with Crippen molar-refractivity contribution in [2.45, 2.75) is 0 Å². The van der Waals surface area contributed by atoms with Gasteiger partial charge in [-0.2, -0.15) is 0 Å². The quantitative estimate of drug-likeness (QED) is 0.497. The van der Waals surface area contributed by atoms with Gasteiger partial charge in [-0.3, -0.25) is 4.99 Å². The maximum Gasteiger partial charge on any atom is 0.108 e. The van der Waals surface area contributed by atoms with Crippen molar-refractivity contribution in [2.24, 2.45) is 4.99 Å². The highest BCUT2D eigenvalue weighted by Crippen LogP contribution is 2.30. The number of benzene rings is 4. The summed E-state index contributed by atoms with van der Waals surface area (Å²) in [6.07, 6.45) is 0. The number of para-hydroxylation sites is 1. The molecule has 1 N–H and O–H groups in total. The van der Waals surface area contributed by atoms with Crippen molar-refractivity contribution >= 4 is 22.2 Å². The van der Waals surface area contributed by atoms with Crippen LogP contribution in [0.1, 0.15) is 11.1 Å². The number of rotatable bonds is 2. The molecule has 4 aromatic carbocycles. The fourth-order valence-corrected chi connectivity index (χ4v) is 3.66. The molecule has 0 amide bonds. The first-order chi connectivity index (χ1) is 12.9. The molecule has 0 fully saturated rings. The SMILES string of the molecule is c1ccc2c(c1)NCN=C2c1ccc(-c2cccc3ccccc23)cc1. The minimum Gasteiger partial charge on any atom is -0.366 e. The van der Waals surface area contributed by atoms with Gasteiger partial charge in [0.1, 0.15) is 6.67 Å². The molecule has 2 nitrogen and oxygen atoms in total. The van der Waals surface area contributed by atoms with Crippen LogP contribution in [0.5, 0.6) is 0 Å². The van der Waals surface area contributed by atoms with Crippen molar-refractivity contribution < 1.29 is 0 Å². The standard InChI is InChI=1S/C24H18N2/c1-2-8-20-17(6-1)7-5-10-21(20)18-12-14-19(15-13-18)24-22-9-3-4-11-23(22)25-16-26-24/h1-15,25H,16H2. The van der Waals surface area contributed by atoms with Crippen LogP contribution in [-0.2, 0) is 0 Å². The van der Waals surface area contributed by atoms with Crippen molar-refractivity contribution in [3.63, 3.8) is 0 Å². The van der Waals surface area contributed by atoms with E-state index < -0.39 is 0 Å². The lowest BCUT2D eigenvalue weighted by molar-refractivity contribution is 1.11. The van der Waals surface area contributed by atoms with Gasteiger partial charge in [0.05, 0.1) is 5.71 Å². The van der Waals surface area contributed by atoms with E-state index in [-0.39, 0.29) is 0 Å². The summed E-state index contributed by atoms with van der Waals surface area (Å²) in [6, 6.07) is 32.1. The number of fused-ring (bicyclic) bond motifs is 2. The van der Waals surface area contributed by atoms with Crippen molar-refractivity contribution in [1.82, 2.24) is 0 Å². The Kier molecular flexibility index (Phi) is 3.53. The molecule has 124 valence electrons. The van der Waals surface area contributed by atoms with E-state index in [4.69, 9.17) is 4.99 Å². The first kappa shape index (κ1) is 14.9. The Morgan fingerprint density at radius 1 is 0.615 bits per heavy atom. The second kappa shape index (κ2) is 6.16. The fourth-order valence-electron chi connectivity index (χ4n) is 3.66. The molecule has 5 rings (SSSR count). The van der Waals surface area contributed by atoms with Crippen LogP contribution in [0.15, 0.2) is 96.0 Å². The molecule has 0 saturated heterocycles. The lowest BCUT2D eigenvalue weighted by Crippen LogP contribution is -2.16. The molecule has 0 radical (unpaired) electrons. The Balaban J connectivity index is 1.57. The zero-order valence-electron chi connectivity index (χ0n) is 14.3. The van der Waals surface area contributed by atoms with Crippen LogP contribution in [0, 0.1) is 0 Å². The number of hydrogen-bond donors (Lipinski definition) is 1. The third kappa shape index (κ3) is 2.47. The third-order valence-electron chi connectivity index (χ3n) is 4.95. The predicted molar refractivity (Wildman–Crippen MR) is 110 cm³/mol. The van der Waals surface area contributed by atoms with Gasteiger partial charge in [0.2, 0.25) is 0 Å². The van der Waals surface area contributed by atoms with Gasteiger partial charge in [-0.15, -0.1) is 0 Å². The highest BCUT2D eigenvalue weighted by atomic mass is 15.0. The zero-order valence-corrected chi connectivity index (χ0v) is 14.3. The second-order valence-corrected chi connectivity index (χ2v) is 6.49. The minimum absolute atomic E-state index is 0.622. The molecule has 26 heavy (non-hydrogen) atoms. The van der Waals surface area contributed by atoms with E-state index in [0.717, 1.165) is 22.5 Å². The van der Waals surface area contributed by atoms with Gasteiger partial charge in [0, 0.05) is 16.8 Å². The average Bonchev–Trinajstić information content (AvgIpc) is 2.73. The maximum atomic E-state index is 4.70. The highest BCUT2D eigenvalue weighted by Gasteiger charge is 2.15. The number of hydrogen-bond acceptors (Lipinski definition) is 2. The van der Waals surface area contributed by atoms with Crippen molar-refractivity contribution in [1.29, 1.82) is 0 Å². The summed E-state index contributed by atoms with van der Waals surface area (Å²) in [4.78, 5) is 4.70. The largest absolute Gasteiger partial charge is 0.366 e. The summed E-state index contributed by atoms with van der Waals surface area (Å²) in [7, 11) is 0. The molecule has 4 aromatic rings. The van der Waals surface area contributed by atoms with E-state index in [2.05, 4.69) is 96.3 Å².